The van der Waals surface area contributed by atoms with Gasteiger partial charge in [-0.3, -0.25) is 19.4 Å². The van der Waals surface area contributed by atoms with E-state index < -0.39 is 6.04 Å². The monoisotopic (exact) mass is 694 g/mol. The number of aromatic nitrogens is 5. The molecule has 1 aliphatic rings. The van der Waals surface area contributed by atoms with Crippen LogP contribution in [0.25, 0.3) is 22.5 Å². The van der Waals surface area contributed by atoms with Crippen LogP contribution >= 0.6 is 0 Å². The number of pyridine rings is 1. The minimum absolute atomic E-state index is 0.106. The van der Waals surface area contributed by atoms with Gasteiger partial charge in [-0.05, 0) is 129 Å². The predicted molar refractivity (Wildman–Crippen MR) is 198 cm³/mol. The fraction of sp³-hybridized carbons (Fsp3) is 0.447. The molecule has 0 saturated heterocycles. The van der Waals surface area contributed by atoms with Crippen LogP contribution in [-0.2, 0) is 16.0 Å². The standard InChI is InChI=1S/C38H50N10O3/c1-4-48(5-2)20-6-19-40-37(50)33-21-25(3)32(24-41-33)28-11-7-26(8-12-28)22-34(43-36(49)30-13-9-27(23-39)10-14-30)38(51)42-31-17-15-29(16-18-31)35-44-46-47-45-35/h7-8,11-12,15-18,21,24,27,30,34H,4-6,9-10,13-14,19-20,22-23,39H2,1-3H3,(H,40,50)(H,42,51)(H,43,49)(H,44,45,46,47)/t27?,30?,34-/m0/s1. The summed E-state index contributed by atoms with van der Waals surface area (Å²) in [7, 11) is 0. The number of aromatic amines is 1. The maximum Gasteiger partial charge on any atom is 0.269 e. The Balaban J connectivity index is 1.24. The summed E-state index contributed by atoms with van der Waals surface area (Å²) in [5.74, 6) is 0.233. The van der Waals surface area contributed by atoms with Crippen molar-refractivity contribution in [2.45, 2.75) is 65.3 Å². The summed E-state index contributed by atoms with van der Waals surface area (Å²) in [4.78, 5) is 46.6. The smallest absolute Gasteiger partial charge is 0.269 e. The summed E-state index contributed by atoms with van der Waals surface area (Å²) in [6.07, 6.45) is 6.28. The average molecular weight is 695 g/mol. The number of benzene rings is 2. The third-order valence-electron chi connectivity index (χ3n) is 9.83. The number of nitrogens with zero attached hydrogens (tertiary/aromatic N) is 5. The number of nitrogens with two attached hydrogens (primary N) is 1. The van der Waals surface area contributed by atoms with Gasteiger partial charge >= 0.3 is 0 Å². The van der Waals surface area contributed by atoms with Gasteiger partial charge < -0.3 is 26.6 Å². The van der Waals surface area contributed by atoms with Gasteiger partial charge in [-0.2, -0.15) is 0 Å². The van der Waals surface area contributed by atoms with Crippen molar-refractivity contribution in [3.05, 3.63) is 77.6 Å². The second kappa shape index (κ2) is 18.3. The van der Waals surface area contributed by atoms with Crippen molar-refractivity contribution < 1.29 is 14.4 Å². The highest BCUT2D eigenvalue weighted by molar-refractivity contribution is 5.98. The molecule has 0 radical (unpaired) electrons. The third kappa shape index (κ3) is 10.3. The summed E-state index contributed by atoms with van der Waals surface area (Å²) < 4.78 is 0. The number of H-pyrrole nitrogens is 1. The highest BCUT2D eigenvalue weighted by atomic mass is 16.2. The van der Waals surface area contributed by atoms with E-state index in [1.807, 2.05) is 49.4 Å². The van der Waals surface area contributed by atoms with Crippen molar-refractivity contribution in [3.8, 4) is 22.5 Å². The molecule has 1 aliphatic carbocycles. The molecule has 0 unspecified atom stereocenters. The Morgan fingerprint density at radius 1 is 0.980 bits per heavy atom. The molecule has 0 spiro atoms. The molecule has 1 atom stereocenters. The van der Waals surface area contributed by atoms with Gasteiger partial charge in [0.2, 0.25) is 11.8 Å². The van der Waals surface area contributed by atoms with Crippen LogP contribution in [0.15, 0.2) is 60.8 Å². The lowest BCUT2D eigenvalue weighted by Gasteiger charge is -2.28. The van der Waals surface area contributed by atoms with Crippen LogP contribution in [0.3, 0.4) is 0 Å². The molecule has 13 nitrogen and oxygen atoms in total. The van der Waals surface area contributed by atoms with Gasteiger partial charge in [0, 0.05) is 41.9 Å². The van der Waals surface area contributed by atoms with Gasteiger partial charge in [0.05, 0.1) is 0 Å². The van der Waals surface area contributed by atoms with E-state index in [9.17, 15) is 14.4 Å². The number of carbonyl (C=O) groups is 3. The maximum absolute atomic E-state index is 13.7. The van der Waals surface area contributed by atoms with Crippen molar-refractivity contribution >= 4 is 23.4 Å². The van der Waals surface area contributed by atoms with Crippen molar-refractivity contribution in [2.75, 3.05) is 38.0 Å². The van der Waals surface area contributed by atoms with Crippen LogP contribution in [0.2, 0.25) is 0 Å². The van der Waals surface area contributed by atoms with E-state index in [1.54, 1.807) is 18.3 Å². The Morgan fingerprint density at radius 2 is 1.69 bits per heavy atom. The van der Waals surface area contributed by atoms with Crippen LogP contribution in [0.5, 0.6) is 0 Å². The number of amides is 3. The van der Waals surface area contributed by atoms with Gasteiger partial charge in [-0.1, -0.05) is 38.1 Å². The second-order valence-electron chi connectivity index (χ2n) is 13.3. The van der Waals surface area contributed by atoms with Crippen LogP contribution < -0.4 is 21.7 Å². The zero-order valence-electron chi connectivity index (χ0n) is 29.8. The first-order chi connectivity index (χ1) is 24.8. The number of aryl methyl sites for hydroxylation is 1. The molecular formula is C38H50N10O3. The van der Waals surface area contributed by atoms with Crippen LogP contribution in [0.1, 0.15) is 67.6 Å². The fourth-order valence-corrected chi connectivity index (χ4v) is 6.55. The largest absolute Gasteiger partial charge is 0.351 e. The number of tetrazole rings is 1. The molecule has 5 rings (SSSR count). The number of rotatable bonds is 16. The van der Waals surface area contributed by atoms with Crippen molar-refractivity contribution in [1.29, 1.82) is 0 Å². The Bertz CT molecular complexity index is 1720. The Kier molecular flexibility index (Phi) is 13.4. The first kappa shape index (κ1) is 37.3. The van der Waals surface area contributed by atoms with Crippen LogP contribution in [0, 0.1) is 18.8 Å². The number of carbonyl (C=O) groups excluding carboxylic acids is 3. The minimum atomic E-state index is -0.790. The molecule has 2 aromatic carbocycles. The molecule has 0 bridgehead atoms. The maximum atomic E-state index is 13.7. The summed E-state index contributed by atoms with van der Waals surface area (Å²) in [5, 5.41) is 22.9. The first-order valence-electron chi connectivity index (χ1n) is 18.0. The van der Waals surface area contributed by atoms with Crippen LogP contribution in [-0.4, -0.2) is 87.0 Å². The topological polar surface area (TPSA) is 184 Å². The number of hydrogen-bond acceptors (Lipinski definition) is 9. The molecule has 1 fully saturated rings. The molecule has 6 N–H and O–H groups in total. The van der Waals surface area contributed by atoms with E-state index in [1.165, 1.54) is 0 Å². The Hall–Kier alpha value is -5.01. The molecular weight excluding hydrogens is 644 g/mol. The molecule has 4 aromatic rings. The summed E-state index contributed by atoms with van der Waals surface area (Å²) in [5.41, 5.74) is 11.3. The zero-order chi connectivity index (χ0) is 36.2. The lowest BCUT2D eigenvalue weighted by Crippen LogP contribution is -2.48. The SMILES string of the molecule is CCN(CC)CCCNC(=O)c1cc(C)c(-c2ccc(C[C@H](NC(=O)C3CCC(CN)CC3)C(=O)Nc3ccc(-c4nnn[nH]4)cc3)cc2)cn1. The predicted octanol–water partition coefficient (Wildman–Crippen LogP) is 4.13. The Labute approximate surface area is 299 Å². The molecule has 1 saturated carbocycles. The normalized spacial score (nSPS) is 16.4. The van der Waals surface area contributed by atoms with Gasteiger partial charge in [0.1, 0.15) is 11.7 Å². The van der Waals surface area contributed by atoms with E-state index in [-0.39, 0.29) is 23.6 Å². The molecule has 51 heavy (non-hydrogen) atoms. The van der Waals surface area contributed by atoms with E-state index in [0.29, 0.717) is 42.6 Å². The molecule has 0 aliphatic heterocycles. The van der Waals surface area contributed by atoms with E-state index in [0.717, 1.165) is 79.6 Å². The molecule has 2 heterocycles. The van der Waals surface area contributed by atoms with Gasteiger partial charge in [0.25, 0.3) is 5.91 Å². The highest BCUT2D eigenvalue weighted by Crippen LogP contribution is 2.29. The summed E-state index contributed by atoms with van der Waals surface area (Å²) >= 11 is 0. The molecule has 2 aromatic heterocycles. The summed E-state index contributed by atoms with van der Waals surface area (Å²) in [6, 6.07) is 16.1. The number of nitrogens with one attached hydrogen (secondary N) is 4. The van der Waals surface area contributed by atoms with Gasteiger partial charge in [-0.15, -0.1) is 5.10 Å². The van der Waals surface area contributed by atoms with Crippen LogP contribution in [0.4, 0.5) is 5.69 Å². The van der Waals surface area contributed by atoms with Crippen molar-refractivity contribution in [3.63, 3.8) is 0 Å². The lowest BCUT2D eigenvalue weighted by atomic mass is 9.81. The quantitative estimate of drug-likeness (QED) is 0.108. The molecule has 3 amide bonds. The molecule has 270 valence electrons. The number of anilines is 1. The van der Waals surface area contributed by atoms with E-state index in [4.69, 9.17) is 5.73 Å². The van der Waals surface area contributed by atoms with Gasteiger partial charge in [0.15, 0.2) is 5.82 Å². The summed E-state index contributed by atoms with van der Waals surface area (Å²) in [6.45, 7) is 10.4. The zero-order valence-corrected chi connectivity index (χ0v) is 29.8. The third-order valence-corrected chi connectivity index (χ3v) is 9.83. The second-order valence-corrected chi connectivity index (χ2v) is 13.3. The van der Waals surface area contributed by atoms with E-state index >= 15 is 0 Å². The highest BCUT2D eigenvalue weighted by Gasteiger charge is 2.29. The lowest BCUT2D eigenvalue weighted by molar-refractivity contribution is -0.130. The Morgan fingerprint density at radius 3 is 2.31 bits per heavy atom. The fourth-order valence-electron chi connectivity index (χ4n) is 6.55. The van der Waals surface area contributed by atoms with Crippen molar-refractivity contribution in [1.82, 2.24) is 41.1 Å². The number of hydrogen-bond donors (Lipinski definition) is 5. The van der Waals surface area contributed by atoms with E-state index in [2.05, 4.69) is 60.3 Å². The average Bonchev–Trinajstić information content (AvgIpc) is 3.70. The minimum Gasteiger partial charge on any atom is -0.351 e. The van der Waals surface area contributed by atoms with Gasteiger partial charge in [-0.25, -0.2) is 5.10 Å². The molecule has 13 heteroatoms. The van der Waals surface area contributed by atoms with Crippen molar-refractivity contribution in [2.24, 2.45) is 17.6 Å². The first-order valence-corrected chi connectivity index (χ1v) is 18.0.